The maximum Gasteiger partial charge on any atom is 0.108 e. The molecule has 0 spiro atoms. The Labute approximate surface area is 126 Å². The summed E-state index contributed by atoms with van der Waals surface area (Å²) in [5, 5.41) is 0. The largest absolute Gasteiger partial charge is 0.307 e. The van der Waals surface area contributed by atoms with Crippen molar-refractivity contribution in [1.82, 2.24) is 9.80 Å². The average Bonchev–Trinajstić information content (AvgIpc) is 2.39. The van der Waals surface area contributed by atoms with E-state index in [1.807, 2.05) is 0 Å². The first-order valence-corrected chi connectivity index (χ1v) is 7.93. The van der Waals surface area contributed by atoms with E-state index in [-0.39, 0.29) is 12.2 Å². The van der Waals surface area contributed by atoms with Gasteiger partial charge in [0.05, 0.1) is 0 Å². The zero-order chi connectivity index (χ0) is 15.7. The van der Waals surface area contributed by atoms with Gasteiger partial charge in [-0.25, -0.2) is 9.78 Å². The van der Waals surface area contributed by atoms with Gasteiger partial charge in [-0.3, -0.25) is 0 Å². The molecule has 0 aromatic heterocycles. The van der Waals surface area contributed by atoms with Gasteiger partial charge in [0.25, 0.3) is 0 Å². The van der Waals surface area contributed by atoms with Crippen LogP contribution in [0.25, 0.3) is 0 Å². The summed E-state index contributed by atoms with van der Waals surface area (Å²) in [4.78, 5) is 16.0. The number of hydrogen-bond donors (Lipinski definition) is 0. The molecule has 0 radical (unpaired) electrons. The molecule has 0 rings (SSSR count). The van der Waals surface area contributed by atoms with Gasteiger partial charge < -0.3 is 9.80 Å². The molecule has 4 atom stereocenters. The minimum Gasteiger partial charge on any atom is -0.307 e. The maximum atomic E-state index is 5.82. The van der Waals surface area contributed by atoms with Gasteiger partial charge in [-0.15, -0.1) is 0 Å². The Morgan fingerprint density at radius 3 is 1.20 bits per heavy atom. The lowest BCUT2D eigenvalue weighted by Gasteiger charge is -2.30. The van der Waals surface area contributed by atoms with E-state index in [1.165, 1.54) is 0 Å². The molecule has 0 amide bonds. The van der Waals surface area contributed by atoms with Gasteiger partial charge in [0, 0.05) is 13.1 Å². The van der Waals surface area contributed by atoms with E-state index in [9.17, 15) is 0 Å². The van der Waals surface area contributed by atoms with Crippen molar-refractivity contribution in [2.24, 2.45) is 11.8 Å². The fourth-order valence-electron chi connectivity index (χ4n) is 2.00. The molecule has 4 heteroatoms. The molecule has 0 fully saturated rings. The highest BCUT2D eigenvalue weighted by Gasteiger charge is 2.24. The normalized spacial score (nSPS) is 18.3. The Balaban J connectivity index is 4.51. The van der Waals surface area contributed by atoms with Crippen molar-refractivity contribution in [1.29, 1.82) is 0 Å². The predicted molar refractivity (Wildman–Crippen MR) is 85.8 cm³/mol. The fourth-order valence-corrected chi connectivity index (χ4v) is 2.00. The van der Waals surface area contributed by atoms with E-state index in [2.05, 4.69) is 65.7 Å². The zero-order valence-electron chi connectivity index (χ0n) is 14.8. The monoisotopic (exact) mass is 288 g/mol. The molecule has 0 aliphatic carbocycles. The van der Waals surface area contributed by atoms with Crippen LogP contribution >= 0.6 is 0 Å². The summed E-state index contributed by atoms with van der Waals surface area (Å²) in [6.45, 7) is 10.6. The van der Waals surface area contributed by atoms with Gasteiger partial charge in [-0.05, 0) is 40.0 Å². The predicted octanol–water partition coefficient (Wildman–Crippen LogP) is 2.89. The minimum absolute atomic E-state index is 0.128. The Morgan fingerprint density at radius 1 is 0.700 bits per heavy atom. The van der Waals surface area contributed by atoms with Crippen molar-refractivity contribution in [2.45, 2.75) is 52.7 Å². The third kappa shape index (κ3) is 8.20. The third-order valence-corrected chi connectivity index (χ3v) is 3.95. The molecule has 4 unspecified atom stereocenters. The minimum atomic E-state index is 0.128. The van der Waals surface area contributed by atoms with Crippen LogP contribution in [0.2, 0.25) is 0 Å². The summed E-state index contributed by atoms with van der Waals surface area (Å²) in [5.41, 5.74) is 0. The molecule has 0 aliphatic heterocycles. The average molecular weight is 288 g/mol. The quantitative estimate of drug-likeness (QED) is 0.431. The van der Waals surface area contributed by atoms with Gasteiger partial charge >= 0.3 is 0 Å². The van der Waals surface area contributed by atoms with E-state index >= 15 is 0 Å². The Kier molecular flexibility index (Phi) is 10.5. The molecule has 0 N–H and O–H groups in total. The van der Waals surface area contributed by atoms with Crippen molar-refractivity contribution in [3.63, 3.8) is 0 Å². The van der Waals surface area contributed by atoms with E-state index in [0.29, 0.717) is 11.8 Å². The molecular weight excluding hydrogens is 252 g/mol. The number of likely N-dealkylation sites (N-methyl/N-ethyl adjacent to an activating group) is 2. The second-order valence-electron chi connectivity index (χ2n) is 6.56. The second-order valence-corrected chi connectivity index (χ2v) is 6.56. The summed E-state index contributed by atoms with van der Waals surface area (Å²) < 4.78 is 0. The molecule has 20 heavy (non-hydrogen) atoms. The van der Waals surface area contributed by atoms with Crippen LogP contribution < -0.4 is 0 Å². The Morgan fingerprint density at radius 2 is 1.00 bits per heavy atom. The molecule has 0 bridgehead atoms. The molecular formula is C16H36N2O2. The van der Waals surface area contributed by atoms with Gasteiger partial charge in [0.15, 0.2) is 0 Å². The second kappa shape index (κ2) is 10.6. The van der Waals surface area contributed by atoms with Crippen LogP contribution in [0.4, 0.5) is 0 Å². The van der Waals surface area contributed by atoms with Crippen LogP contribution in [0.1, 0.15) is 40.5 Å². The fraction of sp³-hybridized carbons (Fsp3) is 1.00. The smallest absolute Gasteiger partial charge is 0.108 e. The van der Waals surface area contributed by atoms with Crippen LogP contribution in [-0.4, -0.2) is 63.3 Å². The molecule has 0 saturated heterocycles. The van der Waals surface area contributed by atoms with E-state index in [1.54, 1.807) is 0 Å². The molecule has 122 valence electrons. The van der Waals surface area contributed by atoms with Crippen LogP contribution in [-0.2, 0) is 9.78 Å². The van der Waals surface area contributed by atoms with E-state index in [4.69, 9.17) is 9.78 Å². The number of rotatable bonds is 11. The van der Waals surface area contributed by atoms with Crippen LogP contribution in [0, 0.1) is 11.8 Å². The molecule has 0 saturated carbocycles. The molecule has 0 aromatic rings. The van der Waals surface area contributed by atoms with Crippen LogP contribution in [0.3, 0.4) is 0 Å². The van der Waals surface area contributed by atoms with Crippen molar-refractivity contribution in [2.75, 3.05) is 41.3 Å². The highest BCUT2D eigenvalue weighted by Crippen LogP contribution is 2.18. The van der Waals surface area contributed by atoms with Gasteiger partial charge in [0.2, 0.25) is 0 Å². The molecule has 4 nitrogen and oxygen atoms in total. The molecule has 0 heterocycles. The molecule has 0 aromatic carbocycles. The van der Waals surface area contributed by atoms with E-state index < -0.39 is 0 Å². The first-order valence-electron chi connectivity index (χ1n) is 7.93. The third-order valence-electron chi connectivity index (χ3n) is 3.95. The van der Waals surface area contributed by atoms with Crippen molar-refractivity contribution >= 4 is 0 Å². The Bertz CT molecular complexity index is 211. The van der Waals surface area contributed by atoms with Crippen LogP contribution in [0.15, 0.2) is 0 Å². The van der Waals surface area contributed by atoms with Gasteiger partial charge in [-0.2, -0.15) is 0 Å². The lowest BCUT2D eigenvalue weighted by molar-refractivity contribution is -0.367. The highest BCUT2D eigenvalue weighted by atomic mass is 17.2. The van der Waals surface area contributed by atoms with Crippen molar-refractivity contribution in [3.05, 3.63) is 0 Å². The SMILES string of the molecule is CCC(C)C(CN(C)C)OOC(CN(C)C)C(C)CC. The summed E-state index contributed by atoms with van der Waals surface area (Å²) in [6.07, 6.45) is 2.46. The van der Waals surface area contributed by atoms with Crippen molar-refractivity contribution < 1.29 is 9.78 Å². The summed E-state index contributed by atoms with van der Waals surface area (Å²) in [6, 6.07) is 0. The topological polar surface area (TPSA) is 24.9 Å². The first-order chi connectivity index (χ1) is 9.31. The lowest BCUT2D eigenvalue weighted by atomic mass is 10.0. The number of nitrogens with zero attached hydrogens (tertiary/aromatic N) is 2. The first kappa shape index (κ1) is 19.8. The van der Waals surface area contributed by atoms with Gasteiger partial charge in [-0.1, -0.05) is 40.5 Å². The highest BCUT2D eigenvalue weighted by molar-refractivity contribution is 4.69. The van der Waals surface area contributed by atoms with Crippen molar-refractivity contribution in [3.8, 4) is 0 Å². The Hall–Kier alpha value is -0.160. The zero-order valence-corrected chi connectivity index (χ0v) is 14.8. The summed E-state index contributed by atoms with van der Waals surface area (Å²) >= 11 is 0. The number of hydrogen-bond acceptors (Lipinski definition) is 4. The summed E-state index contributed by atoms with van der Waals surface area (Å²) in [7, 11) is 8.30. The van der Waals surface area contributed by atoms with Gasteiger partial charge in [0.1, 0.15) is 12.2 Å². The lowest BCUT2D eigenvalue weighted by Crippen LogP contribution is -2.38. The standard InChI is InChI=1S/C16H36N2O2/c1-9-13(3)15(11-17(5)6)19-20-16(12-18(7)8)14(4)10-2/h13-16H,9-12H2,1-8H3. The van der Waals surface area contributed by atoms with E-state index in [0.717, 1.165) is 25.9 Å². The maximum absolute atomic E-state index is 5.82. The molecule has 0 aliphatic rings. The van der Waals surface area contributed by atoms with Crippen LogP contribution in [0.5, 0.6) is 0 Å². The summed E-state index contributed by atoms with van der Waals surface area (Å²) in [5.74, 6) is 0.990.